The van der Waals surface area contributed by atoms with Gasteiger partial charge in [0, 0.05) is 0 Å². The van der Waals surface area contributed by atoms with Crippen LogP contribution < -0.4 is 14.8 Å². The van der Waals surface area contributed by atoms with Crippen molar-refractivity contribution in [3.8, 4) is 23.0 Å². The third-order valence-corrected chi connectivity index (χ3v) is 4.34. The lowest BCUT2D eigenvalue weighted by Gasteiger charge is -2.11. The number of nitrogens with one attached hydrogen (secondary N) is 1. The van der Waals surface area contributed by atoms with Gasteiger partial charge in [-0.25, -0.2) is 0 Å². The fourth-order valence-corrected chi connectivity index (χ4v) is 2.89. The Morgan fingerprint density at radius 3 is 2.53 bits per heavy atom. The third kappa shape index (κ3) is 4.30. The molecule has 0 unspecified atom stereocenters. The quantitative estimate of drug-likeness (QED) is 0.488. The average Bonchev–Trinajstić information content (AvgIpc) is 3.27. The number of methoxy groups -OCH3 is 1. The second kappa shape index (κ2) is 8.91. The largest absolute Gasteiger partial charge is 0.496 e. The van der Waals surface area contributed by atoms with Gasteiger partial charge >= 0.3 is 0 Å². The molecule has 1 heterocycles. The molecule has 0 saturated carbocycles. The predicted octanol–water partition coefficient (Wildman–Crippen LogP) is 4.58. The first kappa shape index (κ1) is 19.2. The van der Waals surface area contributed by atoms with Crippen molar-refractivity contribution in [3.05, 3.63) is 90.3 Å². The van der Waals surface area contributed by atoms with E-state index in [9.17, 15) is 4.79 Å². The second-order valence-corrected chi connectivity index (χ2v) is 6.32. The number of ether oxygens (including phenoxy) is 2. The van der Waals surface area contributed by atoms with Crippen LogP contribution in [0.4, 0.5) is 5.69 Å². The summed E-state index contributed by atoms with van der Waals surface area (Å²) in [4.78, 5) is 17.2. The maximum Gasteiger partial charge on any atom is 0.260 e. The van der Waals surface area contributed by atoms with Crippen LogP contribution in [0.25, 0.3) is 11.5 Å². The molecule has 0 spiro atoms. The third-order valence-electron chi connectivity index (χ3n) is 4.34. The van der Waals surface area contributed by atoms with Crippen LogP contribution in [0.3, 0.4) is 0 Å². The number of para-hydroxylation sites is 3. The lowest BCUT2D eigenvalue weighted by atomic mass is 10.1. The summed E-state index contributed by atoms with van der Waals surface area (Å²) >= 11 is 0. The number of hydrogen-bond acceptors (Lipinski definition) is 6. The van der Waals surface area contributed by atoms with Crippen LogP contribution >= 0.6 is 0 Å². The van der Waals surface area contributed by atoms with Crippen molar-refractivity contribution in [1.82, 2.24) is 10.1 Å². The van der Waals surface area contributed by atoms with Crippen molar-refractivity contribution >= 4 is 11.6 Å². The maximum absolute atomic E-state index is 12.8. The van der Waals surface area contributed by atoms with Gasteiger partial charge in [-0.2, -0.15) is 4.98 Å². The zero-order valence-electron chi connectivity index (χ0n) is 16.2. The highest BCUT2D eigenvalue weighted by Crippen LogP contribution is 2.28. The lowest BCUT2D eigenvalue weighted by Crippen LogP contribution is -2.13. The van der Waals surface area contributed by atoms with Gasteiger partial charge in [-0.15, -0.1) is 0 Å². The number of anilines is 1. The van der Waals surface area contributed by atoms with E-state index in [1.807, 2.05) is 42.5 Å². The molecule has 0 aliphatic heterocycles. The number of rotatable bonds is 7. The Morgan fingerprint density at radius 1 is 0.967 bits per heavy atom. The average molecular weight is 401 g/mol. The van der Waals surface area contributed by atoms with Gasteiger partial charge in [-0.1, -0.05) is 47.6 Å². The standard InChI is InChI=1S/C23H19N3O4/c1-28-20-14-8-6-12-18(20)22(27)24-19-13-7-5-11-17(19)23-25-21(26-30-23)15-29-16-9-3-2-4-10-16/h2-14H,15H2,1H3,(H,24,27). The van der Waals surface area contributed by atoms with Crippen molar-refractivity contribution in [1.29, 1.82) is 0 Å². The molecule has 4 aromatic rings. The normalized spacial score (nSPS) is 10.4. The summed E-state index contributed by atoms with van der Waals surface area (Å²) in [5, 5.41) is 6.86. The molecule has 150 valence electrons. The van der Waals surface area contributed by atoms with E-state index in [1.54, 1.807) is 36.4 Å². The van der Waals surface area contributed by atoms with E-state index in [2.05, 4.69) is 15.5 Å². The van der Waals surface area contributed by atoms with Crippen molar-refractivity contribution in [3.63, 3.8) is 0 Å². The fourth-order valence-electron chi connectivity index (χ4n) is 2.89. The number of benzene rings is 3. The molecule has 30 heavy (non-hydrogen) atoms. The van der Waals surface area contributed by atoms with E-state index in [1.165, 1.54) is 7.11 Å². The Labute approximate surface area is 173 Å². The number of amides is 1. The fraction of sp³-hybridized carbons (Fsp3) is 0.0870. The SMILES string of the molecule is COc1ccccc1C(=O)Nc1ccccc1-c1nc(COc2ccccc2)no1. The minimum atomic E-state index is -0.299. The molecular weight excluding hydrogens is 382 g/mol. The maximum atomic E-state index is 12.8. The van der Waals surface area contributed by atoms with E-state index < -0.39 is 0 Å². The van der Waals surface area contributed by atoms with Crippen LogP contribution in [0, 0.1) is 0 Å². The molecule has 7 heteroatoms. The first-order chi connectivity index (χ1) is 14.7. The van der Waals surface area contributed by atoms with Crippen LogP contribution in [0.5, 0.6) is 11.5 Å². The van der Waals surface area contributed by atoms with Gasteiger partial charge in [0.2, 0.25) is 5.82 Å². The zero-order chi connectivity index (χ0) is 20.8. The summed E-state index contributed by atoms with van der Waals surface area (Å²) in [6, 6.07) is 23.6. The van der Waals surface area contributed by atoms with Gasteiger partial charge in [0.1, 0.15) is 11.5 Å². The van der Waals surface area contributed by atoms with E-state index >= 15 is 0 Å². The van der Waals surface area contributed by atoms with Gasteiger partial charge in [-0.05, 0) is 36.4 Å². The van der Waals surface area contributed by atoms with Crippen molar-refractivity contribution in [2.75, 3.05) is 12.4 Å². The van der Waals surface area contributed by atoms with Crippen LogP contribution in [-0.2, 0) is 6.61 Å². The topological polar surface area (TPSA) is 86.5 Å². The Balaban J connectivity index is 1.52. The molecule has 0 aliphatic rings. The van der Waals surface area contributed by atoms with E-state index in [4.69, 9.17) is 14.0 Å². The van der Waals surface area contributed by atoms with Gasteiger partial charge in [-0.3, -0.25) is 4.79 Å². The Hall–Kier alpha value is -4.13. The molecular formula is C23H19N3O4. The number of carbonyl (C=O) groups is 1. The smallest absolute Gasteiger partial charge is 0.260 e. The minimum absolute atomic E-state index is 0.170. The van der Waals surface area contributed by atoms with Crippen LogP contribution in [0.1, 0.15) is 16.2 Å². The molecule has 0 atom stereocenters. The molecule has 1 N–H and O–H groups in total. The minimum Gasteiger partial charge on any atom is -0.496 e. The molecule has 0 saturated heterocycles. The Kier molecular flexibility index (Phi) is 5.70. The lowest BCUT2D eigenvalue weighted by molar-refractivity contribution is 0.102. The number of carbonyl (C=O) groups excluding carboxylic acids is 1. The van der Waals surface area contributed by atoms with Crippen molar-refractivity contribution < 1.29 is 18.8 Å². The predicted molar refractivity (Wildman–Crippen MR) is 111 cm³/mol. The molecule has 7 nitrogen and oxygen atoms in total. The number of nitrogens with zero attached hydrogens (tertiary/aromatic N) is 2. The second-order valence-electron chi connectivity index (χ2n) is 6.32. The zero-order valence-corrected chi connectivity index (χ0v) is 16.2. The molecule has 1 amide bonds. The highest BCUT2D eigenvalue weighted by atomic mass is 16.5. The van der Waals surface area contributed by atoms with E-state index in [-0.39, 0.29) is 18.4 Å². The van der Waals surface area contributed by atoms with Crippen molar-refractivity contribution in [2.45, 2.75) is 6.61 Å². The molecule has 4 rings (SSSR count). The van der Waals surface area contributed by atoms with Crippen LogP contribution in [0.15, 0.2) is 83.4 Å². The highest BCUT2D eigenvalue weighted by Gasteiger charge is 2.17. The monoisotopic (exact) mass is 401 g/mol. The van der Waals surface area contributed by atoms with Crippen LogP contribution in [-0.4, -0.2) is 23.2 Å². The molecule has 0 radical (unpaired) electrons. The summed E-state index contributed by atoms with van der Waals surface area (Å²) < 4.78 is 16.3. The van der Waals surface area contributed by atoms with E-state index in [0.29, 0.717) is 34.1 Å². The highest BCUT2D eigenvalue weighted by molar-refractivity contribution is 6.07. The summed E-state index contributed by atoms with van der Waals surface area (Å²) in [5.74, 6) is 1.60. The summed E-state index contributed by atoms with van der Waals surface area (Å²) in [6.07, 6.45) is 0. The summed E-state index contributed by atoms with van der Waals surface area (Å²) in [5.41, 5.74) is 1.59. The van der Waals surface area contributed by atoms with Crippen molar-refractivity contribution in [2.24, 2.45) is 0 Å². The van der Waals surface area contributed by atoms with Gasteiger partial charge in [0.05, 0.1) is 23.9 Å². The van der Waals surface area contributed by atoms with Gasteiger partial charge in [0.25, 0.3) is 11.8 Å². The Morgan fingerprint density at radius 2 is 1.70 bits per heavy atom. The molecule has 0 bridgehead atoms. The first-order valence-electron chi connectivity index (χ1n) is 9.29. The molecule has 1 aromatic heterocycles. The molecule has 0 fully saturated rings. The summed E-state index contributed by atoms with van der Waals surface area (Å²) in [7, 11) is 1.53. The van der Waals surface area contributed by atoms with Gasteiger partial charge in [0.15, 0.2) is 6.61 Å². The Bertz CT molecular complexity index is 1140. The van der Waals surface area contributed by atoms with Gasteiger partial charge < -0.3 is 19.3 Å². The van der Waals surface area contributed by atoms with E-state index in [0.717, 1.165) is 0 Å². The molecule has 0 aliphatic carbocycles. The summed E-state index contributed by atoms with van der Waals surface area (Å²) in [6.45, 7) is 0.170. The number of aromatic nitrogens is 2. The molecule has 3 aromatic carbocycles. The first-order valence-corrected chi connectivity index (χ1v) is 9.29. The number of hydrogen-bond donors (Lipinski definition) is 1. The van der Waals surface area contributed by atoms with Crippen LogP contribution in [0.2, 0.25) is 0 Å².